The lowest BCUT2D eigenvalue weighted by molar-refractivity contribution is -0.133. The molecule has 2 aromatic rings. The van der Waals surface area contributed by atoms with Gasteiger partial charge in [-0.25, -0.2) is 0 Å². The van der Waals surface area contributed by atoms with Crippen LogP contribution in [0, 0.1) is 0 Å². The normalized spacial score (nSPS) is 19.6. The lowest BCUT2D eigenvalue weighted by Crippen LogP contribution is -2.63. The van der Waals surface area contributed by atoms with Gasteiger partial charge in [0.2, 0.25) is 11.8 Å². The fourth-order valence-corrected chi connectivity index (χ4v) is 4.60. The number of piperazine rings is 1. The molecule has 2 N–H and O–H groups in total. The van der Waals surface area contributed by atoms with E-state index < -0.39 is 18.0 Å². The van der Waals surface area contributed by atoms with E-state index in [1.54, 1.807) is 48.4 Å². The number of ether oxygens (including phenoxy) is 1. The van der Waals surface area contributed by atoms with Crippen LogP contribution in [0.3, 0.4) is 0 Å². The van der Waals surface area contributed by atoms with Crippen molar-refractivity contribution < 1.29 is 23.9 Å². The van der Waals surface area contributed by atoms with E-state index in [0.717, 1.165) is 12.1 Å². The highest BCUT2D eigenvalue weighted by Gasteiger charge is 2.39. The van der Waals surface area contributed by atoms with Gasteiger partial charge in [0.1, 0.15) is 17.8 Å². The third-order valence-corrected chi connectivity index (χ3v) is 6.80. The smallest absolute Gasteiger partial charge is 0.254 e. The van der Waals surface area contributed by atoms with Crippen molar-refractivity contribution in [3.05, 3.63) is 59.7 Å². The first kappa shape index (κ1) is 26.0. The SMILES string of the molecule is COc1ccc(C(=O)N2CCN(C(=O)c3ccc(N(C)C)cc3)[C@@H](C(=O)N[C@@H]3CCCNC3=O)C2)cc1. The van der Waals surface area contributed by atoms with Crippen molar-refractivity contribution in [1.29, 1.82) is 0 Å². The van der Waals surface area contributed by atoms with Gasteiger partial charge in [-0.15, -0.1) is 0 Å². The van der Waals surface area contributed by atoms with Gasteiger partial charge in [-0.1, -0.05) is 0 Å². The highest BCUT2D eigenvalue weighted by molar-refractivity contribution is 6.00. The van der Waals surface area contributed by atoms with Crippen LogP contribution in [0.4, 0.5) is 5.69 Å². The van der Waals surface area contributed by atoms with E-state index in [1.165, 1.54) is 4.90 Å². The van der Waals surface area contributed by atoms with E-state index in [-0.39, 0.29) is 37.4 Å². The number of hydrogen-bond donors (Lipinski definition) is 2. The molecule has 37 heavy (non-hydrogen) atoms. The third kappa shape index (κ3) is 5.84. The van der Waals surface area contributed by atoms with E-state index in [1.807, 2.05) is 31.1 Å². The van der Waals surface area contributed by atoms with Crippen molar-refractivity contribution in [2.24, 2.45) is 0 Å². The minimum atomic E-state index is -0.938. The lowest BCUT2D eigenvalue weighted by atomic mass is 10.0. The maximum atomic E-state index is 13.5. The molecule has 0 spiro atoms. The lowest BCUT2D eigenvalue weighted by Gasteiger charge is -2.41. The molecule has 0 unspecified atom stereocenters. The highest BCUT2D eigenvalue weighted by Crippen LogP contribution is 2.20. The molecular weight excluding hydrogens is 474 g/mol. The van der Waals surface area contributed by atoms with Crippen LogP contribution in [0.5, 0.6) is 5.75 Å². The zero-order chi connectivity index (χ0) is 26.5. The van der Waals surface area contributed by atoms with E-state index in [0.29, 0.717) is 29.8 Å². The monoisotopic (exact) mass is 507 g/mol. The summed E-state index contributed by atoms with van der Waals surface area (Å²) in [6, 6.07) is 12.3. The standard InChI is InChI=1S/C27H33N5O5/c1-30(2)20-10-6-19(7-11-20)27(36)32-16-15-31(26(35)18-8-12-21(37-3)13-9-18)17-23(32)25(34)29-22-5-4-14-28-24(22)33/h6-13,22-23H,4-5,14-17H2,1-3H3,(H,28,33)(H,29,34)/t22-,23-/m1/s1. The molecule has 4 amide bonds. The minimum absolute atomic E-state index is 0.0204. The molecule has 2 saturated heterocycles. The minimum Gasteiger partial charge on any atom is -0.497 e. The summed E-state index contributed by atoms with van der Waals surface area (Å²) in [7, 11) is 5.38. The Kier molecular flexibility index (Phi) is 7.95. The van der Waals surface area contributed by atoms with Crippen molar-refractivity contribution in [2.75, 3.05) is 52.3 Å². The molecule has 2 aromatic carbocycles. The van der Waals surface area contributed by atoms with Gasteiger partial charge < -0.3 is 30.1 Å². The molecule has 196 valence electrons. The van der Waals surface area contributed by atoms with Crippen molar-refractivity contribution in [3.8, 4) is 5.75 Å². The fourth-order valence-electron chi connectivity index (χ4n) is 4.60. The first-order chi connectivity index (χ1) is 17.8. The molecule has 10 heteroatoms. The van der Waals surface area contributed by atoms with Gasteiger partial charge in [0.15, 0.2) is 0 Å². The van der Waals surface area contributed by atoms with Crippen LogP contribution >= 0.6 is 0 Å². The van der Waals surface area contributed by atoms with Crippen LogP contribution in [-0.2, 0) is 9.59 Å². The molecule has 2 heterocycles. The fraction of sp³-hybridized carbons (Fsp3) is 0.407. The molecule has 2 atom stereocenters. The van der Waals surface area contributed by atoms with Crippen LogP contribution in [0.1, 0.15) is 33.6 Å². The maximum absolute atomic E-state index is 13.5. The second kappa shape index (κ2) is 11.3. The summed E-state index contributed by atoms with van der Waals surface area (Å²) in [5, 5.41) is 5.57. The molecule has 2 fully saturated rings. The van der Waals surface area contributed by atoms with Crippen molar-refractivity contribution in [1.82, 2.24) is 20.4 Å². The predicted molar refractivity (Wildman–Crippen MR) is 139 cm³/mol. The van der Waals surface area contributed by atoms with Gasteiger partial charge in [0, 0.05) is 50.5 Å². The van der Waals surface area contributed by atoms with Gasteiger partial charge in [0.25, 0.3) is 11.8 Å². The number of nitrogens with zero attached hydrogens (tertiary/aromatic N) is 3. The van der Waals surface area contributed by atoms with Gasteiger partial charge in [0.05, 0.1) is 13.7 Å². The van der Waals surface area contributed by atoms with Crippen molar-refractivity contribution in [3.63, 3.8) is 0 Å². The number of nitrogens with one attached hydrogen (secondary N) is 2. The number of amides is 4. The summed E-state index contributed by atoms with van der Waals surface area (Å²) in [4.78, 5) is 57.5. The quantitative estimate of drug-likeness (QED) is 0.606. The summed E-state index contributed by atoms with van der Waals surface area (Å²) in [6.45, 7) is 1.06. The average molecular weight is 508 g/mol. The summed E-state index contributed by atoms with van der Waals surface area (Å²) in [5.41, 5.74) is 1.86. The van der Waals surface area contributed by atoms with Crippen molar-refractivity contribution >= 4 is 29.3 Å². The molecule has 2 aliphatic heterocycles. The second-order valence-electron chi connectivity index (χ2n) is 9.43. The molecular formula is C27H33N5O5. The maximum Gasteiger partial charge on any atom is 0.254 e. The molecule has 0 radical (unpaired) electrons. The topological polar surface area (TPSA) is 111 Å². The summed E-state index contributed by atoms with van der Waals surface area (Å²) >= 11 is 0. The summed E-state index contributed by atoms with van der Waals surface area (Å²) in [6.07, 6.45) is 1.28. The van der Waals surface area contributed by atoms with Crippen LogP contribution in [-0.4, -0.2) is 92.9 Å². The Bertz CT molecular complexity index is 1150. The number of hydrogen-bond acceptors (Lipinski definition) is 6. The number of carbonyl (C=O) groups is 4. The molecule has 4 rings (SSSR count). The molecule has 10 nitrogen and oxygen atoms in total. The summed E-state index contributed by atoms with van der Waals surface area (Å²) < 4.78 is 5.17. The molecule has 0 aliphatic carbocycles. The van der Waals surface area contributed by atoms with Crippen LogP contribution in [0.2, 0.25) is 0 Å². The Morgan fingerprint density at radius 1 is 0.973 bits per heavy atom. The largest absolute Gasteiger partial charge is 0.497 e. The summed E-state index contributed by atoms with van der Waals surface area (Å²) in [5.74, 6) is -0.588. The number of piperidine rings is 1. The van der Waals surface area contributed by atoms with E-state index in [9.17, 15) is 19.2 Å². The Labute approximate surface area is 216 Å². The van der Waals surface area contributed by atoms with E-state index >= 15 is 0 Å². The highest BCUT2D eigenvalue weighted by atomic mass is 16.5. The number of anilines is 1. The van der Waals surface area contributed by atoms with Crippen LogP contribution in [0.15, 0.2) is 48.5 Å². The van der Waals surface area contributed by atoms with E-state index in [2.05, 4.69) is 10.6 Å². The number of benzene rings is 2. The van der Waals surface area contributed by atoms with Gasteiger partial charge in [-0.2, -0.15) is 0 Å². The molecule has 0 aromatic heterocycles. The Hall–Kier alpha value is -4.08. The zero-order valence-corrected chi connectivity index (χ0v) is 21.4. The van der Waals surface area contributed by atoms with Gasteiger partial charge in [-0.05, 0) is 61.4 Å². The van der Waals surface area contributed by atoms with Gasteiger partial charge >= 0.3 is 0 Å². The predicted octanol–water partition coefficient (Wildman–Crippen LogP) is 1.12. The molecule has 2 aliphatic rings. The average Bonchev–Trinajstić information content (AvgIpc) is 2.93. The number of carbonyl (C=O) groups excluding carboxylic acids is 4. The molecule has 0 bridgehead atoms. The van der Waals surface area contributed by atoms with Crippen LogP contribution in [0.25, 0.3) is 0 Å². The zero-order valence-electron chi connectivity index (χ0n) is 21.4. The van der Waals surface area contributed by atoms with Crippen LogP contribution < -0.4 is 20.3 Å². The second-order valence-corrected chi connectivity index (χ2v) is 9.43. The first-order valence-electron chi connectivity index (χ1n) is 12.4. The van der Waals surface area contributed by atoms with E-state index in [4.69, 9.17) is 4.74 Å². The van der Waals surface area contributed by atoms with Gasteiger partial charge in [-0.3, -0.25) is 19.2 Å². The number of rotatable bonds is 6. The number of methoxy groups -OCH3 is 1. The Balaban J connectivity index is 1.56. The first-order valence-corrected chi connectivity index (χ1v) is 12.4. The third-order valence-electron chi connectivity index (χ3n) is 6.80. The van der Waals surface area contributed by atoms with Crippen molar-refractivity contribution in [2.45, 2.75) is 24.9 Å². The Morgan fingerprint density at radius 2 is 1.62 bits per heavy atom. The molecule has 0 saturated carbocycles. The Morgan fingerprint density at radius 3 is 2.24 bits per heavy atom.